The molecule has 1 aromatic heterocycles. The van der Waals surface area contributed by atoms with Gasteiger partial charge in [0.1, 0.15) is 5.82 Å². The lowest BCUT2D eigenvalue weighted by atomic mass is 10.2. The number of para-hydroxylation sites is 1. The molecule has 0 aliphatic rings. The minimum atomic E-state index is -4.48. The molecule has 0 bridgehead atoms. The summed E-state index contributed by atoms with van der Waals surface area (Å²) in [5, 5.41) is 0. The summed E-state index contributed by atoms with van der Waals surface area (Å²) in [7, 11) is 0. The van der Waals surface area contributed by atoms with Crippen molar-refractivity contribution >= 4 is 15.9 Å². The average molecular weight is 367 g/mol. The molecule has 0 radical (unpaired) electrons. The number of benzene rings is 2. The SMILES string of the molecule is FC(F)(F)c1cn(-c2ccccc2)c(-c2ccc(Br)cc2)n1. The van der Waals surface area contributed by atoms with Crippen LogP contribution in [-0.4, -0.2) is 9.55 Å². The number of hydrogen-bond donors (Lipinski definition) is 0. The fraction of sp³-hybridized carbons (Fsp3) is 0.0625. The Kier molecular flexibility index (Phi) is 3.78. The highest BCUT2D eigenvalue weighted by Crippen LogP contribution is 2.32. The van der Waals surface area contributed by atoms with E-state index in [0.29, 0.717) is 11.3 Å². The first-order chi connectivity index (χ1) is 10.4. The van der Waals surface area contributed by atoms with E-state index in [1.165, 1.54) is 4.57 Å². The predicted molar refractivity (Wildman–Crippen MR) is 81.7 cm³/mol. The van der Waals surface area contributed by atoms with Crippen LogP contribution in [0.25, 0.3) is 17.1 Å². The lowest BCUT2D eigenvalue weighted by Crippen LogP contribution is -2.04. The van der Waals surface area contributed by atoms with Gasteiger partial charge in [-0.25, -0.2) is 4.98 Å². The Bertz CT molecular complexity index is 777. The second kappa shape index (κ2) is 5.61. The quantitative estimate of drug-likeness (QED) is 0.600. The van der Waals surface area contributed by atoms with Gasteiger partial charge in [-0.05, 0) is 24.3 Å². The molecule has 22 heavy (non-hydrogen) atoms. The number of halogens is 4. The van der Waals surface area contributed by atoms with E-state index in [2.05, 4.69) is 20.9 Å². The Hall–Kier alpha value is -2.08. The summed E-state index contributed by atoms with van der Waals surface area (Å²) in [6.07, 6.45) is -3.46. The summed E-state index contributed by atoms with van der Waals surface area (Å²) < 4.78 is 41.3. The minimum absolute atomic E-state index is 0.256. The van der Waals surface area contributed by atoms with Crippen LogP contribution < -0.4 is 0 Å². The van der Waals surface area contributed by atoms with Crippen molar-refractivity contribution in [3.8, 4) is 17.1 Å². The summed E-state index contributed by atoms with van der Waals surface area (Å²) >= 11 is 3.31. The average Bonchev–Trinajstić information content (AvgIpc) is 2.94. The number of hydrogen-bond acceptors (Lipinski definition) is 1. The maximum absolute atomic E-state index is 13.0. The Morgan fingerprint density at radius 1 is 0.909 bits per heavy atom. The van der Waals surface area contributed by atoms with Crippen LogP contribution >= 0.6 is 15.9 Å². The highest BCUT2D eigenvalue weighted by molar-refractivity contribution is 9.10. The molecule has 2 nitrogen and oxygen atoms in total. The summed E-state index contributed by atoms with van der Waals surface area (Å²) in [6.45, 7) is 0. The van der Waals surface area contributed by atoms with Crippen molar-refractivity contribution in [3.05, 3.63) is 71.0 Å². The van der Waals surface area contributed by atoms with Crippen molar-refractivity contribution in [1.29, 1.82) is 0 Å². The largest absolute Gasteiger partial charge is 0.434 e. The molecule has 0 N–H and O–H groups in total. The molecule has 6 heteroatoms. The molecule has 0 aliphatic heterocycles. The van der Waals surface area contributed by atoms with Crippen molar-refractivity contribution in [2.75, 3.05) is 0 Å². The monoisotopic (exact) mass is 366 g/mol. The van der Waals surface area contributed by atoms with Gasteiger partial charge in [-0.3, -0.25) is 4.57 Å². The molecule has 0 saturated heterocycles. The predicted octanol–water partition coefficient (Wildman–Crippen LogP) is 5.32. The lowest BCUT2D eigenvalue weighted by molar-refractivity contribution is -0.140. The van der Waals surface area contributed by atoms with Crippen LogP contribution in [0.3, 0.4) is 0 Å². The number of rotatable bonds is 2. The van der Waals surface area contributed by atoms with Crippen LogP contribution in [-0.2, 0) is 6.18 Å². The molecular formula is C16H10BrF3N2. The molecule has 0 unspecified atom stereocenters. The van der Waals surface area contributed by atoms with Crippen LogP contribution in [0.4, 0.5) is 13.2 Å². The highest BCUT2D eigenvalue weighted by atomic mass is 79.9. The zero-order valence-electron chi connectivity index (χ0n) is 11.2. The van der Waals surface area contributed by atoms with Crippen molar-refractivity contribution < 1.29 is 13.2 Å². The summed E-state index contributed by atoms with van der Waals surface area (Å²) in [5.41, 5.74) is 0.334. The minimum Gasteiger partial charge on any atom is -0.299 e. The van der Waals surface area contributed by atoms with E-state index in [1.54, 1.807) is 48.5 Å². The third-order valence-corrected chi connectivity index (χ3v) is 3.66. The first-order valence-corrected chi connectivity index (χ1v) is 7.22. The topological polar surface area (TPSA) is 17.8 Å². The van der Waals surface area contributed by atoms with Gasteiger partial charge >= 0.3 is 6.18 Å². The van der Waals surface area contributed by atoms with Gasteiger partial charge in [0.2, 0.25) is 0 Å². The zero-order chi connectivity index (χ0) is 15.7. The van der Waals surface area contributed by atoms with Gasteiger partial charge in [0, 0.05) is 21.9 Å². The van der Waals surface area contributed by atoms with Gasteiger partial charge in [-0.15, -0.1) is 0 Å². The van der Waals surface area contributed by atoms with Crippen molar-refractivity contribution in [2.45, 2.75) is 6.18 Å². The molecule has 0 spiro atoms. The number of aromatic nitrogens is 2. The smallest absolute Gasteiger partial charge is 0.299 e. The van der Waals surface area contributed by atoms with E-state index in [4.69, 9.17) is 0 Å². The van der Waals surface area contributed by atoms with Gasteiger partial charge in [0.15, 0.2) is 5.69 Å². The molecule has 3 aromatic rings. The molecule has 0 aliphatic carbocycles. The Labute approximate surface area is 133 Å². The highest BCUT2D eigenvalue weighted by Gasteiger charge is 2.35. The van der Waals surface area contributed by atoms with Crippen LogP contribution in [0.5, 0.6) is 0 Å². The van der Waals surface area contributed by atoms with Crippen molar-refractivity contribution in [2.24, 2.45) is 0 Å². The first-order valence-electron chi connectivity index (χ1n) is 6.43. The summed E-state index contributed by atoms with van der Waals surface area (Å²) in [4.78, 5) is 3.78. The van der Waals surface area contributed by atoms with E-state index in [1.807, 2.05) is 6.07 Å². The summed E-state index contributed by atoms with van der Waals surface area (Å²) in [5.74, 6) is 0.256. The maximum Gasteiger partial charge on any atom is 0.434 e. The van der Waals surface area contributed by atoms with Gasteiger partial charge < -0.3 is 0 Å². The second-order valence-corrected chi connectivity index (χ2v) is 5.58. The molecule has 2 aromatic carbocycles. The zero-order valence-corrected chi connectivity index (χ0v) is 12.8. The molecule has 3 rings (SSSR count). The molecule has 0 amide bonds. The number of alkyl halides is 3. The molecule has 0 fully saturated rings. The van der Waals surface area contributed by atoms with Gasteiger partial charge in [-0.2, -0.15) is 13.2 Å². The first kappa shape index (κ1) is 14.8. The van der Waals surface area contributed by atoms with E-state index in [-0.39, 0.29) is 5.82 Å². The fourth-order valence-electron chi connectivity index (χ4n) is 2.10. The van der Waals surface area contributed by atoms with Crippen LogP contribution in [0, 0.1) is 0 Å². The summed E-state index contributed by atoms with van der Waals surface area (Å²) in [6, 6.07) is 15.8. The van der Waals surface area contributed by atoms with Crippen molar-refractivity contribution in [1.82, 2.24) is 9.55 Å². The lowest BCUT2D eigenvalue weighted by Gasteiger charge is -2.07. The molecule has 112 valence electrons. The van der Waals surface area contributed by atoms with Crippen molar-refractivity contribution in [3.63, 3.8) is 0 Å². The Morgan fingerprint density at radius 3 is 2.14 bits per heavy atom. The standard InChI is InChI=1S/C16H10BrF3N2/c17-12-8-6-11(7-9-12)15-21-14(16(18,19)20)10-22(15)13-4-2-1-3-5-13/h1-10H. The normalized spacial score (nSPS) is 11.6. The Morgan fingerprint density at radius 2 is 1.55 bits per heavy atom. The van der Waals surface area contributed by atoms with Gasteiger partial charge in [0.25, 0.3) is 0 Å². The van der Waals surface area contributed by atoms with Gasteiger partial charge in [-0.1, -0.05) is 46.3 Å². The molecule has 0 atom stereocenters. The van der Waals surface area contributed by atoms with E-state index >= 15 is 0 Å². The Balaban J connectivity index is 2.19. The van der Waals surface area contributed by atoms with Gasteiger partial charge in [0.05, 0.1) is 0 Å². The van der Waals surface area contributed by atoms with E-state index < -0.39 is 11.9 Å². The number of nitrogens with zero attached hydrogens (tertiary/aromatic N) is 2. The molecule has 0 saturated carbocycles. The van der Waals surface area contributed by atoms with Crippen LogP contribution in [0.1, 0.15) is 5.69 Å². The third-order valence-electron chi connectivity index (χ3n) is 3.13. The third kappa shape index (κ3) is 2.92. The second-order valence-electron chi connectivity index (χ2n) is 4.66. The van der Waals surface area contributed by atoms with Crippen LogP contribution in [0.15, 0.2) is 65.3 Å². The van der Waals surface area contributed by atoms with Crippen LogP contribution in [0.2, 0.25) is 0 Å². The molecular weight excluding hydrogens is 357 g/mol. The van der Waals surface area contributed by atoms with E-state index in [9.17, 15) is 13.2 Å². The molecule has 1 heterocycles. The number of imidazole rings is 1. The van der Waals surface area contributed by atoms with E-state index in [0.717, 1.165) is 10.7 Å². The fourth-order valence-corrected chi connectivity index (χ4v) is 2.37. The maximum atomic E-state index is 13.0.